The molecule has 1 heterocycles. The maximum absolute atomic E-state index is 12.6. The van der Waals surface area contributed by atoms with Crippen molar-refractivity contribution in [2.24, 2.45) is 5.41 Å². The Morgan fingerprint density at radius 1 is 1.27 bits per heavy atom. The van der Waals surface area contributed by atoms with E-state index in [9.17, 15) is 4.79 Å². The van der Waals surface area contributed by atoms with E-state index in [0.717, 1.165) is 6.42 Å². The number of carbonyl (C=O) groups is 1. The molecule has 0 aliphatic carbocycles. The van der Waals surface area contributed by atoms with E-state index in [-0.39, 0.29) is 17.0 Å². The van der Waals surface area contributed by atoms with E-state index in [0.29, 0.717) is 19.3 Å². The SMILES string of the molecule is C=CCC1(OC(=O)C(C)(C)CC)CC(C)(C)N(Cl)C(C)(C)C1. The van der Waals surface area contributed by atoms with Crippen LogP contribution in [0.2, 0.25) is 0 Å². The van der Waals surface area contributed by atoms with Crippen LogP contribution in [0.5, 0.6) is 0 Å². The van der Waals surface area contributed by atoms with Gasteiger partial charge < -0.3 is 4.74 Å². The molecule has 0 spiro atoms. The van der Waals surface area contributed by atoms with Crippen molar-refractivity contribution in [2.75, 3.05) is 0 Å². The normalized spacial score (nSPS) is 23.8. The first-order valence-electron chi connectivity index (χ1n) is 8.12. The number of carbonyl (C=O) groups excluding carboxylic acids is 1. The third-order valence-electron chi connectivity index (χ3n) is 4.83. The van der Waals surface area contributed by atoms with Gasteiger partial charge in [-0.1, -0.05) is 13.0 Å². The van der Waals surface area contributed by atoms with Gasteiger partial charge in [0.05, 0.1) is 5.41 Å². The lowest BCUT2D eigenvalue weighted by Crippen LogP contribution is -2.63. The smallest absolute Gasteiger partial charge is 0.312 e. The van der Waals surface area contributed by atoms with Gasteiger partial charge in [-0.15, -0.1) is 6.58 Å². The van der Waals surface area contributed by atoms with Crippen molar-refractivity contribution in [3.8, 4) is 0 Å². The van der Waals surface area contributed by atoms with E-state index < -0.39 is 11.0 Å². The van der Waals surface area contributed by atoms with Gasteiger partial charge in [-0.3, -0.25) is 4.79 Å². The first-order chi connectivity index (χ1) is 9.82. The fraction of sp³-hybridized carbons (Fsp3) is 0.833. The zero-order valence-electron chi connectivity index (χ0n) is 15.3. The molecule has 0 bridgehead atoms. The summed E-state index contributed by atoms with van der Waals surface area (Å²) in [6.07, 6.45) is 4.65. The van der Waals surface area contributed by atoms with E-state index in [4.69, 9.17) is 16.5 Å². The predicted molar refractivity (Wildman–Crippen MR) is 92.8 cm³/mol. The number of rotatable bonds is 5. The van der Waals surface area contributed by atoms with Crippen molar-refractivity contribution < 1.29 is 9.53 Å². The lowest BCUT2D eigenvalue weighted by molar-refractivity contribution is -0.186. The first-order valence-corrected chi connectivity index (χ1v) is 8.46. The molecule has 0 radical (unpaired) electrons. The third kappa shape index (κ3) is 3.86. The summed E-state index contributed by atoms with van der Waals surface area (Å²) in [5.74, 6) is -0.133. The summed E-state index contributed by atoms with van der Waals surface area (Å²) < 4.78 is 7.97. The Kier molecular flexibility index (Phi) is 5.46. The Morgan fingerprint density at radius 2 is 1.73 bits per heavy atom. The molecule has 0 aromatic carbocycles. The molecule has 1 fully saturated rings. The monoisotopic (exact) mass is 329 g/mol. The van der Waals surface area contributed by atoms with Gasteiger partial charge in [0.1, 0.15) is 5.60 Å². The Bertz CT molecular complexity index is 422. The van der Waals surface area contributed by atoms with Crippen LogP contribution in [0.3, 0.4) is 0 Å². The van der Waals surface area contributed by atoms with Crippen LogP contribution in [0.25, 0.3) is 0 Å². The van der Waals surface area contributed by atoms with Gasteiger partial charge in [0.15, 0.2) is 0 Å². The van der Waals surface area contributed by atoms with Gasteiger partial charge in [-0.05, 0) is 59.7 Å². The fourth-order valence-electron chi connectivity index (χ4n) is 3.60. The second-order valence-electron chi connectivity index (χ2n) is 8.56. The second-order valence-corrected chi connectivity index (χ2v) is 8.90. The number of esters is 1. The molecule has 128 valence electrons. The Labute approximate surface area is 141 Å². The second kappa shape index (κ2) is 6.16. The standard InChI is InChI=1S/C18H32ClNO2/c1-9-11-18(22-14(21)15(3,4)10-2)12-16(5,6)20(19)17(7,8)13-18/h9H,1,10-13H2,2-8H3. The molecule has 0 aromatic rings. The molecule has 0 amide bonds. The van der Waals surface area contributed by atoms with Crippen molar-refractivity contribution >= 4 is 17.7 Å². The molecule has 0 N–H and O–H groups in total. The molecule has 0 unspecified atom stereocenters. The highest BCUT2D eigenvalue weighted by Gasteiger charge is 2.54. The highest BCUT2D eigenvalue weighted by Crippen LogP contribution is 2.48. The van der Waals surface area contributed by atoms with Crippen LogP contribution < -0.4 is 0 Å². The van der Waals surface area contributed by atoms with Gasteiger partial charge in [0.2, 0.25) is 0 Å². The van der Waals surface area contributed by atoms with E-state index in [2.05, 4.69) is 34.3 Å². The Hall–Kier alpha value is -0.540. The summed E-state index contributed by atoms with van der Waals surface area (Å²) in [5, 5.41) is 0. The van der Waals surface area contributed by atoms with Crippen molar-refractivity contribution in [3.05, 3.63) is 12.7 Å². The lowest BCUT2D eigenvalue weighted by Gasteiger charge is -2.56. The lowest BCUT2D eigenvalue weighted by atomic mass is 9.71. The van der Waals surface area contributed by atoms with Crippen LogP contribution in [0.1, 0.15) is 74.1 Å². The zero-order chi connectivity index (χ0) is 17.4. The highest BCUT2D eigenvalue weighted by molar-refractivity contribution is 6.14. The summed E-state index contributed by atoms with van der Waals surface area (Å²) in [6.45, 7) is 18.1. The number of ether oxygens (including phenoxy) is 1. The van der Waals surface area contributed by atoms with Crippen molar-refractivity contribution in [3.63, 3.8) is 0 Å². The Morgan fingerprint density at radius 3 is 2.09 bits per heavy atom. The van der Waals surface area contributed by atoms with Crippen LogP contribution in [-0.4, -0.2) is 27.1 Å². The first kappa shape index (κ1) is 19.5. The van der Waals surface area contributed by atoms with Gasteiger partial charge in [-0.2, -0.15) is 0 Å². The van der Waals surface area contributed by atoms with Crippen molar-refractivity contribution in [1.29, 1.82) is 0 Å². The van der Waals surface area contributed by atoms with E-state index >= 15 is 0 Å². The van der Waals surface area contributed by atoms with Gasteiger partial charge in [0.25, 0.3) is 0 Å². The number of hydrogen-bond donors (Lipinski definition) is 0. The number of piperidine rings is 1. The van der Waals surface area contributed by atoms with E-state index in [1.807, 2.05) is 31.3 Å². The fourth-order valence-corrected chi connectivity index (χ4v) is 3.72. The molecule has 3 nitrogen and oxygen atoms in total. The maximum atomic E-state index is 12.6. The largest absolute Gasteiger partial charge is 0.458 e. The summed E-state index contributed by atoms with van der Waals surface area (Å²) in [6, 6.07) is 0. The topological polar surface area (TPSA) is 29.5 Å². The van der Waals surface area contributed by atoms with Crippen LogP contribution in [0.15, 0.2) is 12.7 Å². The molecule has 1 saturated heterocycles. The van der Waals surface area contributed by atoms with E-state index in [1.54, 1.807) is 0 Å². The molecule has 0 atom stereocenters. The summed E-state index contributed by atoms with van der Waals surface area (Å²) in [5.41, 5.74) is -1.53. The van der Waals surface area contributed by atoms with Gasteiger partial charge in [-0.25, -0.2) is 4.42 Å². The summed E-state index contributed by atoms with van der Waals surface area (Å²) in [7, 11) is 0. The molecule has 1 rings (SSSR count). The number of nitrogens with zero attached hydrogens (tertiary/aromatic N) is 1. The van der Waals surface area contributed by atoms with Gasteiger partial charge >= 0.3 is 5.97 Å². The number of hydrogen-bond acceptors (Lipinski definition) is 3. The van der Waals surface area contributed by atoms with Gasteiger partial charge in [0, 0.05) is 30.3 Å². The minimum absolute atomic E-state index is 0.133. The maximum Gasteiger partial charge on any atom is 0.312 e. The average Bonchev–Trinajstić information content (AvgIpc) is 2.35. The quantitative estimate of drug-likeness (QED) is 0.400. The molecule has 0 aromatic heterocycles. The van der Waals surface area contributed by atoms with Crippen molar-refractivity contribution in [2.45, 2.75) is 90.8 Å². The molecular weight excluding hydrogens is 298 g/mol. The van der Waals surface area contributed by atoms with Crippen LogP contribution >= 0.6 is 11.8 Å². The minimum atomic E-state index is -0.538. The summed E-state index contributed by atoms with van der Waals surface area (Å²) >= 11 is 6.55. The molecule has 22 heavy (non-hydrogen) atoms. The average molecular weight is 330 g/mol. The molecule has 0 saturated carbocycles. The summed E-state index contributed by atoms with van der Waals surface area (Å²) in [4.78, 5) is 12.6. The zero-order valence-corrected chi connectivity index (χ0v) is 16.0. The van der Waals surface area contributed by atoms with E-state index in [1.165, 1.54) is 0 Å². The van der Waals surface area contributed by atoms with Crippen LogP contribution in [0.4, 0.5) is 0 Å². The molecule has 4 heteroatoms. The van der Waals surface area contributed by atoms with Crippen LogP contribution in [-0.2, 0) is 9.53 Å². The molecular formula is C18H32ClNO2. The highest BCUT2D eigenvalue weighted by atomic mass is 35.5. The molecule has 1 aliphatic heterocycles. The van der Waals surface area contributed by atoms with Crippen LogP contribution in [0, 0.1) is 5.41 Å². The third-order valence-corrected chi connectivity index (χ3v) is 5.75. The number of halogens is 1. The predicted octanol–water partition coefficient (Wildman–Crippen LogP) is 5.09. The van der Waals surface area contributed by atoms with Crippen molar-refractivity contribution in [1.82, 2.24) is 4.42 Å². The minimum Gasteiger partial charge on any atom is -0.458 e. The molecule has 1 aliphatic rings. The Balaban J connectivity index is 3.16.